The first kappa shape index (κ1) is 29.8. The Hall–Kier alpha value is -1.21. The molecule has 0 aliphatic carbocycles. The fourth-order valence-electron chi connectivity index (χ4n) is 2.53. The molecule has 188 valence electrons. The third-order valence-electron chi connectivity index (χ3n) is 4.14. The van der Waals surface area contributed by atoms with Crippen LogP contribution in [0, 0.1) is 0 Å². The summed E-state index contributed by atoms with van der Waals surface area (Å²) in [7, 11) is -5.59. The molecule has 1 aromatic carbocycles. The zero-order valence-electron chi connectivity index (χ0n) is 17.7. The average Bonchev–Trinajstić information content (AvgIpc) is 2.67. The lowest BCUT2D eigenvalue weighted by atomic mass is 10.2. The van der Waals surface area contributed by atoms with Gasteiger partial charge in [0, 0.05) is 13.0 Å². The van der Waals surface area contributed by atoms with Crippen molar-refractivity contribution in [1.29, 1.82) is 0 Å². The van der Waals surface area contributed by atoms with Gasteiger partial charge in [-0.1, -0.05) is 54.6 Å². The van der Waals surface area contributed by atoms with Crippen molar-refractivity contribution in [3.8, 4) is 0 Å². The Morgan fingerprint density at radius 2 is 1.73 bits per heavy atom. The Morgan fingerprint density at radius 3 is 2.24 bits per heavy atom. The number of nitrogens with one attached hydrogen (secondary N) is 4. The minimum absolute atomic E-state index is 0.0722. The summed E-state index contributed by atoms with van der Waals surface area (Å²) >= 11 is 22.9. The van der Waals surface area contributed by atoms with Gasteiger partial charge in [-0.25, -0.2) is 8.42 Å². The lowest BCUT2D eigenvalue weighted by Gasteiger charge is -2.28. The van der Waals surface area contributed by atoms with Gasteiger partial charge in [0.15, 0.2) is 5.11 Å². The normalized spacial score (nSPS) is 13.2. The average molecular weight is 572 g/mol. The molecule has 0 aliphatic rings. The third-order valence-corrected chi connectivity index (χ3v) is 6.50. The van der Waals surface area contributed by atoms with Crippen LogP contribution >= 0.6 is 47.0 Å². The molecule has 7 nitrogen and oxygen atoms in total. The maximum absolute atomic E-state index is 13.0. The molecular weight excluding hydrogens is 548 g/mol. The van der Waals surface area contributed by atoms with Gasteiger partial charge in [-0.3, -0.25) is 4.79 Å². The van der Waals surface area contributed by atoms with E-state index in [1.165, 1.54) is 0 Å². The van der Waals surface area contributed by atoms with Gasteiger partial charge in [-0.15, -0.1) is 0 Å². The molecule has 0 radical (unpaired) electrons. The first-order valence-corrected chi connectivity index (χ1v) is 12.8. The molecular formula is C18H24Cl3F3N4O3S2. The summed E-state index contributed by atoms with van der Waals surface area (Å²) in [6, 6.07) is 2.76. The predicted octanol–water partition coefficient (Wildman–Crippen LogP) is 5.09. The van der Waals surface area contributed by atoms with E-state index in [2.05, 4.69) is 21.3 Å². The number of hydrogen-bond acceptors (Lipinski definition) is 5. The number of carbonyl (C=O) groups excluding carboxylic acids is 1. The van der Waals surface area contributed by atoms with E-state index in [0.29, 0.717) is 13.0 Å². The molecule has 1 aromatic rings. The predicted molar refractivity (Wildman–Crippen MR) is 130 cm³/mol. The molecule has 33 heavy (non-hydrogen) atoms. The van der Waals surface area contributed by atoms with Crippen LogP contribution in [-0.4, -0.2) is 41.4 Å². The Balaban J connectivity index is 3.11. The van der Waals surface area contributed by atoms with Crippen molar-refractivity contribution >= 4 is 79.3 Å². The quantitative estimate of drug-likeness (QED) is 0.134. The van der Waals surface area contributed by atoms with Crippen molar-refractivity contribution in [3.63, 3.8) is 0 Å². The van der Waals surface area contributed by atoms with Gasteiger partial charge in [0.1, 0.15) is 6.17 Å². The second-order valence-corrected chi connectivity index (χ2v) is 11.5. The molecule has 0 fully saturated rings. The van der Waals surface area contributed by atoms with E-state index in [0.717, 1.165) is 31.0 Å². The summed E-state index contributed by atoms with van der Waals surface area (Å²) in [5.74, 6) is -0.401. The summed E-state index contributed by atoms with van der Waals surface area (Å²) in [6.07, 6.45) is 1.29. The van der Waals surface area contributed by atoms with Crippen LogP contribution < -0.4 is 21.3 Å². The van der Waals surface area contributed by atoms with Crippen molar-refractivity contribution in [1.82, 2.24) is 10.6 Å². The van der Waals surface area contributed by atoms with E-state index in [9.17, 15) is 26.4 Å². The largest absolute Gasteiger partial charge is 0.501 e. The highest BCUT2D eigenvalue weighted by Gasteiger charge is 2.47. The number of alkyl halides is 6. The van der Waals surface area contributed by atoms with Crippen LogP contribution in [0.15, 0.2) is 23.1 Å². The number of benzene rings is 1. The fourth-order valence-corrected chi connectivity index (χ4v) is 3.87. The van der Waals surface area contributed by atoms with E-state index in [4.69, 9.17) is 47.0 Å². The van der Waals surface area contributed by atoms with Gasteiger partial charge in [0.25, 0.3) is 9.84 Å². The van der Waals surface area contributed by atoms with Gasteiger partial charge < -0.3 is 21.3 Å². The molecule has 0 bridgehead atoms. The van der Waals surface area contributed by atoms with E-state index in [1.807, 2.05) is 6.92 Å². The molecule has 1 atom stereocenters. The summed E-state index contributed by atoms with van der Waals surface area (Å²) < 4.78 is 60.4. The van der Waals surface area contributed by atoms with Crippen LogP contribution in [0.2, 0.25) is 0 Å². The van der Waals surface area contributed by atoms with Gasteiger partial charge >= 0.3 is 5.51 Å². The summed E-state index contributed by atoms with van der Waals surface area (Å²) in [5.41, 5.74) is -5.28. The summed E-state index contributed by atoms with van der Waals surface area (Å²) in [4.78, 5) is 11.1. The zero-order valence-corrected chi connectivity index (χ0v) is 21.6. The summed E-state index contributed by atoms with van der Waals surface area (Å²) in [5, 5.41) is 10.3. The number of hydrogen-bond donors (Lipinski definition) is 4. The Kier molecular flexibility index (Phi) is 11.3. The van der Waals surface area contributed by atoms with Crippen molar-refractivity contribution in [2.75, 3.05) is 17.2 Å². The topological polar surface area (TPSA) is 99.3 Å². The number of anilines is 2. The number of sulfone groups is 1. The molecule has 0 spiro atoms. The molecule has 0 aromatic heterocycles. The van der Waals surface area contributed by atoms with Crippen molar-refractivity contribution < 1.29 is 26.4 Å². The van der Waals surface area contributed by atoms with Crippen LogP contribution in [0.1, 0.15) is 39.5 Å². The highest BCUT2D eigenvalue weighted by Crippen LogP contribution is 2.34. The number of thiocarbonyl (C=S) groups is 1. The van der Waals surface area contributed by atoms with Gasteiger partial charge in [0.2, 0.25) is 9.70 Å². The number of amides is 1. The fraction of sp³-hybridized carbons (Fsp3) is 0.556. The molecule has 1 unspecified atom stereocenters. The van der Waals surface area contributed by atoms with Crippen LogP contribution in [0.5, 0.6) is 0 Å². The molecule has 4 N–H and O–H groups in total. The molecule has 1 rings (SSSR count). The van der Waals surface area contributed by atoms with Crippen molar-refractivity contribution in [3.05, 3.63) is 18.2 Å². The third kappa shape index (κ3) is 9.16. The standard InChI is InChI=1S/C18H24Cl3F3N4O3S2/c1-3-5-6-7-14(29)27-15(17(19,20)21)28-16(32)26-13-10-11(8-9-12(13)25-4-2)33(30,31)18(22,23)24/h8-10,15,25H,3-7H2,1-2H3,(H,27,29)(H2,26,28,32). The molecule has 1 amide bonds. The number of halogens is 6. The van der Waals surface area contributed by atoms with Crippen LogP contribution in [0.25, 0.3) is 0 Å². The monoisotopic (exact) mass is 570 g/mol. The SMILES string of the molecule is CCCCCC(=O)NC(NC(=S)Nc1cc(S(=O)(=O)C(F)(F)F)ccc1NCC)C(Cl)(Cl)Cl. The molecule has 0 heterocycles. The second kappa shape index (κ2) is 12.5. The highest BCUT2D eigenvalue weighted by atomic mass is 35.6. The van der Waals surface area contributed by atoms with Gasteiger partial charge in [-0.2, -0.15) is 13.2 Å². The molecule has 0 saturated heterocycles. The van der Waals surface area contributed by atoms with E-state index in [1.54, 1.807) is 6.92 Å². The minimum atomic E-state index is -5.59. The molecule has 0 saturated carbocycles. The smallest absolute Gasteiger partial charge is 0.384 e. The maximum Gasteiger partial charge on any atom is 0.501 e. The van der Waals surface area contributed by atoms with E-state index < -0.39 is 36.1 Å². The summed E-state index contributed by atoms with van der Waals surface area (Å²) in [6.45, 7) is 4.09. The van der Waals surface area contributed by atoms with Gasteiger partial charge in [-0.05, 0) is 43.8 Å². The Bertz CT molecular complexity index is 942. The first-order valence-electron chi connectivity index (χ1n) is 9.76. The zero-order chi connectivity index (χ0) is 25.4. The number of rotatable bonds is 10. The Morgan fingerprint density at radius 1 is 1.09 bits per heavy atom. The Labute approximate surface area is 211 Å². The van der Waals surface area contributed by atoms with Gasteiger partial charge in [0.05, 0.1) is 16.3 Å². The molecule has 15 heteroatoms. The number of carbonyl (C=O) groups is 1. The van der Waals surface area contributed by atoms with Crippen LogP contribution in [-0.2, 0) is 14.6 Å². The van der Waals surface area contributed by atoms with Crippen LogP contribution in [0.4, 0.5) is 24.5 Å². The molecule has 0 aliphatic heterocycles. The highest BCUT2D eigenvalue weighted by molar-refractivity contribution is 7.92. The number of unbranched alkanes of at least 4 members (excludes halogenated alkanes) is 2. The van der Waals surface area contributed by atoms with E-state index in [-0.39, 0.29) is 22.9 Å². The van der Waals surface area contributed by atoms with Crippen molar-refractivity contribution in [2.24, 2.45) is 0 Å². The minimum Gasteiger partial charge on any atom is -0.384 e. The lowest BCUT2D eigenvalue weighted by Crippen LogP contribution is -2.56. The maximum atomic E-state index is 13.0. The van der Waals surface area contributed by atoms with Crippen molar-refractivity contribution in [2.45, 2.75) is 59.9 Å². The second-order valence-electron chi connectivity index (χ2n) is 6.78. The van der Waals surface area contributed by atoms with Crippen LogP contribution in [0.3, 0.4) is 0 Å². The first-order chi connectivity index (χ1) is 15.1. The van der Waals surface area contributed by atoms with E-state index >= 15 is 0 Å². The lowest BCUT2D eigenvalue weighted by molar-refractivity contribution is -0.122.